The molecular formula is C6H16NNaO7S. The molecule has 0 bridgehead atoms. The molecule has 8 nitrogen and oxygen atoms in total. The molecule has 0 heterocycles. The Labute approximate surface area is 117 Å². The topological polar surface area (TPSA) is 150 Å². The largest absolute Gasteiger partial charge is 1.00 e. The molecule has 10 heteroatoms. The maximum atomic E-state index is 8.73. The SMILES string of the molecule is CC(CO)(CO)CNCO.O=S(=O)([O-])O.[Na+]. The summed E-state index contributed by atoms with van der Waals surface area (Å²) < 4.78 is 32.8. The van der Waals surface area contributed by atoms with Gasteiger partial charge in [-0.15, -0.1) is 0 Å². The van der Waals surface area contributed by atoms with E-state index in [0.29, 0.717) is 6.54 Å². The van der Waals surface area contributed by atoms with Crippen molar-refractivity contribution in [2.45, 2.75) is 6.92 Å². The Morgan fingerprint density at radius 2 is 1.56 bits per heavy atom. The smallest absolute Gasteiger partial charge is 0.726 e. The van der Waals surface area contributed by atoms with Crippen LogP contribution < -0.4 is 34.9 Å². The van der Waals surface area contributed by atoms with Crippen LogP contribution in [0.4, 0.5) is 0 Å². The molecule has 0 aromatic rings. The Bertz CT molecular complexity index is 233. The monoisotopic (exact) mass is 269 g/mol. The Morgan fingerprint density at radius 1 is 1.25 bits per heavy atom. The summed E-state index contributed by atoms with van der Waals surface area (Å²) in [7, 11) is -4.92. The molecule has 0 rings (SSSR count). The standard InChI is InChI=1S/C6H15NO3.Na.H2O4S/c1-6(3-8,4-9)2-7-5-10;;1-5(2,3)4/h7-10H,2-5H2,1H3;;(H2,1,2,3,4)/q;+1;/p-1. The summed E-state index contributed by atoms with van der Waals surface area (Å²) in [6.07, 6.45) is 0. The number of hydrogen-bond donors (Lipinski definition) is 5. The van der Waals surface area contributed by atoms with Gasteiger partial charge in [-0.05, 0) is 0 Å². The second kappa shape index (κ2) is 10.8. The van der Waals surface area contributed by atoms with Gasteiger partial charge in [0.1, 0.15) is 0 Å². The molecular weight excluding hydrogens is 253 g/mol. The summed E-state index contributed by atoms with van der Waals surface area (Å²) in [6.45, 7) is 1.84. The summed E-state index contributed by atoms with van der Waals surface area (Å²) in [4.78, 5) is 0. The van der Waals surface area contributed by atoms with E-state index >= 15 is 0 Å². The minimum absolute atomic E-state index is 0. The van der Waals surface area contributed by atoms with Crippen LogP contribution in [0.1, 0.15) is 6.92 Å². The van der Waals surface area contributed by atoms with Crippen LogP contribution in [0.25, 0.3) is 0 Å². The third-order valence-electron chi connectivity index (χ3n) is 1.43. The van der Waals surface area contributed by atoms with Crippen molar-refractivity contribution in [3.8, 4) is 0 Å². The van der Waals surface area contributed by atoms with Crippen LogP contribution in [-0.4, -0.2) is 59.3 Å². The van der Waals surface area contributed by atoms with E-state index in [1.165, 1.54) is 0 Å². The van der Waals surface area contributed by atoms with E-state index in [1.54, 1.807) is 6.92 Å². The van der Waals surface area contributed by atoms with Gasteiger partial charge in [0, 0.05) is 12.0 Å². The first-order valence-corrected chi connectivity index (χ1v) is 5.26. The Hall–Kier alpha value is 0.710. The van der Waals surface area contributed by atoms with Gasteiger partial charge < -0.3 is 19.9 Å². The van der Waals surface area contributed by atoms with Gasteiger partial charge >= 0.3 is 29.6 Å². The predicted octanol–water partition coefficient (Wildman–Crippen LogP) is -5.47. The first-order chi connectivity index (χ1) is 6.68. The number of hydrogen-bond acceptors (Lipinski definition) is 7. The average Bonchev–Trinajstić information content (AvgIpc) is 2.12. The summed E-state index contributed by atoms with van der Waals surface area (Å²) in [5.74, 6) is 0. The Balaban J connectivity index is -0.000000242. The zero-order chi connectivity index (χ0) is 12.5. The molecule has 0 saturated carbocycles. The molecule has 0 radical (unpaired) electrons. The van der Waals surface area contributed by atoms with Crippen LogP contribution in [0.15, 0.2) is 0 Å². The molecule has 0 fully saturated rings. The van der Waals surface area contributed by atoms with E-state index in [0.717, 1.165) is 0 Å². The number of aliphatic hydroxyl groups excluding tert-OH is 3. The van der Waals surface area contributed by atoms with Crippen molar-refractivity contribution in [2.75, 3.05) is 26.5 Å². The molecule has 0 amide bonds. The second-order valence-corrected chi connectivity index (χ2v) is 3.99. The number of aliphatic hydroxyl groups is 3. The predicted molar refractivity (Wildman–Crippen MR) is 49.7 cm³/mol. The molecule has 5 N–H and O–H groups in total. The van der Waals surface area contributed by atoms with Crippen LogP contribution in [0.5, 0.6) is 0 Å². The summed E-state index contributed by atoms with van der Waals surface area (Å²) in [6, 6.07) is 0. The average molecular weight is 269 g/mol. The maximum Gasteiger partial charge on any atom is 1.00 e. The van der Waals surface area contributed by atoms with Crippen molar-refractivity contribution in [3.63, 3.8) is 0 Å². The van der Waals surface area contributed by atoms with Gasteiger partial charge in [-0.3, -0.25) is 9.87 Å². The van der Waals surface area contributed by atoms with E-state index in [4.69, 9.17) is 32.8 Å². The van der Waals surface area contributed by atoms with Gasteiger partial charge in [0.2, 0.25) is 10.4 Å². The molecule has 0 aliphatic rings. The summed E-state index contributed by atoms with van der Waals surface area (Å²) in [5, 5.41) is 28.4. The fourth-order valence-corrected chi connectivity index (χ4v) is 0.519. The molecule has 0 unspecified atom stereocenters. The van der Waals surface area contributed by atoms with Crippen molar-refractivity contribution in [1.82, 2.24) is 5.32 Å². The molecule has 0 saturated heterocycles. The van der Waals surface area contributed by atoms with Crippen LogP contribution in [0.3, 0.4) is 0 Å². The van der Waals surface area contributed by atoms with Gasteiger partial charge in [-0.1, -0.05) is 6.92 Å². The van der Waals surface area contributed by atoms with E-state index < -0.39 is 15.8 Å². The van der Waals surface area contributed by atoms with Gasteiger partial charge in [0.15, 0.2) is 0 Å². The van der Waals surface area contributed by atoms with E-state index in [1.807, 2.05) is 0 Å². The van der Waals surface area contributed by atoms with Crippen molar-refractivity contribution >= 4 is 10.4 Å². The zero-order valence-electron chi connectivity index (χ0n) is 9.25. The first-order valence-electron chi connectivity index (χ1n) is 3.90. The van der Waals surface area contributed by atoms with Gasteiger partial charge in [-0.25, -0.2) is 8.42 Å². The summed E-state index contributed by atoms with van der Waals surface area (Å²) >= 11 is 0. The van der Waals surface area contributed by atoms with Gasteiger partial charge in [-0.2, -0.15) is 0 Å². The van der Waals surface area contributed by atoms with Crippen molar-refractivity contribution in [2.24, 2.45) is 5.41 Å². The quantitative estimate of drug-likeness (QED) is 0.143. The summed E-state index contributed by atoms with van der Waals surface area (Å²) in [5.41, 5.74) is -0.525. The van der Waals surface area contributed by atoms with E-state index in [2.05, 4.69) is 5.32 Å². The maximum absolute atomic E-state index is 8.73. The molecule has 0 atom stereocenters. The van der Waals surface area contributed by atoms with Crippen LogP contribution in [0.2, 0.25) is 0 Å². The Morgan fingerprint density at radius 3 is 1.75 bits per heavy atom. The first kappa shape index (κ1) is 21.9. The fourth-order valence-electron chi connectivity index (χ4n) is 0.519. The van der Waals surface area contributed by atoms with Gasteiger partial charge in [0.05, 0.1) is 19.9 Å². The van der Waals surface area contributed by atoms with E-state index in [9.17, 15) is 0 Å². The van der Waals surface area contributed by atoms with Crippen LogP contribution in [0, 0.1) is 5.41 Å². The van der Waals surface area contributed by atoms with Crippen molar-refractivity contribution in [1.29, 1.82) is 0 Å². The van der Waals surface area contributed by atoms with Crippen molar-refractivity contribution in [3.05, 3.63) is 0 Å². The zero-order valence-corrected chi connectivity index (χ0v) is 12.1. The Kier molecular flexibility index (Phi) is 14.9. The number of nitrogens with one attached hydrogen (secondary N) is 1. The molecule has 0 aromatic carbocycles. The molecule has 0 aliphatic carbocycles. The minimum Gasteiger partial charge on any atom is -0.726 e. The second-order valence-electron chi connectivity index (χ2n) is 3.14. The molecule has 16 heavy (non-hydrogen) atoms. The normalized spacial score (nSPS) is 11.1. The molecule has 0 spiro atoms. The van der Waals surface area contributed by atoms with Crippen LogP contribution >= 0.6 is 0 Å². The third-order valence-corrected chi connectivity index (χ3v) is 1.43. The van der Waals surface area contributed by atoms with Crippen molar-refractivity contribution < 1.29 is 62.4 Å². The van der Waals surface area contributed by atoms with Crippen LogP contribution in [-0.2, 0) is 10.4 Å². The molecule has 0 aliphatic heterocycles. The number of rotatable bonds is 5. The molecule has 0 aromatic heterocycles. The van der Waals surface area contributed by atoms with Gasteiger partial charge in [0.25, 0.3) is 0 Å². The fraction of sp³-hybridized carbons (Fsp3) is 1.00. The minimum atomic E-state index is -4.92. The van der Waals surface area contributed by atoms with E-state index in [-0.39, 0.29) is 49.5 Å². The third kappa shape index (κ3) is 20.2. The molecule has 94 valence electrons.